The first-order valence-electron chi connectivity index (χ1n) is 16.3. The van der Waals surface area contributed by atoms with Gasteiger partial charge in [0, 0.05) is 0 Å². The molecule has 6 rings (SSSR count). The first-order valence-corrected chi connectivity index (χ1v) is 23.7. The zero-order chi connectivity index (χ0) is 32.7. The summed E-state index contributed by atoms with van der Waals surface area (Å²) in [6, 6.07) is 24.6. The molecule has 0 saturated carbocycles. The van der Waals surface area contributed by atoms with Crippen molar-refractivity contribution in [3.63, 3.8) is 0 Å². The van der Waals surface area contributed by atoms with Crippen LogP contribution in [0.3, 0.4) is 0 Å². The molecule has 0 radical (unpaired) electrons. The van der Waals surface area contributed by atoms with Gasteiger partial charge in [-0.3, -0.25) is 0 Å². The second-order valence-electron chi connectivity index (χ2n) is 15.2. The zero-order valence-electron chi connectivity index (χ0n) is 28.3. The summed E-state index contributed by atoms with van der Waals surface area (Å²) in [5.74, 6) is 0.633. The third-order valence-corrected chi connectivity index (χ3v) is 28.0. The van der Waals surface area contributed by atoms with Crippen LogP contribution in [-0.2, 0) is 24.7 Å². The topological polar surface area (TPSA) is 0 Å². The summed E-state index contributed by atoms with van der Waals surface area (Å²) < 4.78 is 11.3. The predicted molar refractivity (Wildman–Crippen MR) is 197 cm³/mol. The third kappa shape index (κ3) is 4.91. The molecule has 0 N–H and O–H groups in total. The van der Waals surface area contributed by atoms with Crippen LogP contribution in [0.5, 0.6) is 0 Å². The minimum absolute atomic E-state index is 0.000354. The van der Waals surface area contributed by atoms with Crippen molar-refractivity contribution < 1.29 is 18.3 Å². The Morgan fingerprint density at radius 2 is 1.33 bits per heavy atom. The van der Waals surface area contributed by atoms with Crippen LogP contribution < -0.4 is 9.81 Å². The van der Waals surface area contributed by atoms with Gasteiger partial charge in [-0.15, -0.1) is 0 Å². The van der Waals surface area contributed by atoms with Crippen molar-refractivity contribution in [2.45, 2.75) is 68.7 Å². The molecule has 0 fully saturated rings. The summed E-state index contributed by atoms with van der Waals surface area (Å²) >= 11 is 8.76. The van der Waals surface area contributed by atoms with Crippen LogP contribution in [0, 0.1) is 44.9 Å². The number of hydrogen-bond acceptors (Lipinski definition) is 0. The van der Waals surface area contributed by atoms with Gasteiger partial charge < -0.3 is 0 Å². The van der Waals surface area contributed by atoms with Crippen LogP contribution >= 0.6 is 23.2 Å². The standard InChI is InChI=1S/C17H17.C12H19.2C6H4Cl.CH2.Zr/c1-10-5-14-9-15-6-11(2)13(4)8-17(15)16(14)7-12(10)3;1-9(2)10-6-7-11(8-10)12(3,4)5;2*7-6-4-2-1-3-5-6;;/h5,7-8H,9H2,1-4H3;7-10H,1-5H3;2*1-2,4-5H;1H2;. The van der Waals surface area contributed by atoms with E-state index < -0.39 is 18.3 Å². The van der Waals surface area contributed by atoms with Crippen LogP contribution in [0.2, 0.25) is 10.0 Å². The Bertz CT molecular complexity index is 1960. The molecular weight excluding hydrogens is 667 g/mol. The molecule has 0 saturated heterocycles. The Balaban J connectivity index is 1.89. The van der Waals surface area contributed by atoms with Gasteiger partial charge in [0.05, 0.1) is 0 Å². The molecule has 1 atom stereocenters. The van der Waals surface area contributed by atoms with Crippen molar-refractivity contribution >= 4 is 37.2 Å². The van der Waals surface area contributed by atoms with Crippen LogP contribution in [0.1, 0.15) is 68.0 Å². The van der Waals surface area contributed by atoms with E-state index in [0.717, 1.165) is 16.5 Å². The van der Waals surface area contributed by atoms with E-state index in [1.807, 2.05) is 12.1 Å². The predicted octanol–water partition coefficient (Wildman–Crippen LogP) is 10.3. The van der Waals surface area contributed by atoms with Crippen molar-refractivity contribution in [1.82, 2.24) is 0 Å². The van der Waals surface area contributed by atoms with Gasteiger partial charge in [-0.2, -0.15) is 0 Å². The van der Waals surface area contributed by atoms with E-state index in [1.54, 1.807) is 0 Å². The van der Waals surface area contributed by atoms with E-state index in [4.69, 9.17) is 27.4 Å². The molecule has 0 bridgehead atoms. The van der Waals surface area contributed by atoms with Crippen molar-refractivity contribution in [2.75, 3.05) is 0 Å². The Kier molecular flexibility index (Phi) is 8.08. The maximum absolute atomic E-state index is 6.97. The molecule has 0 amide bonds. The fraction of sp³-hybridized carbons (Fsp3) is 0.310. The summed E-state index contributed by atoms with van der Waals surface area (Å²) in [4.78, 5) is 0. The molecule has 4 aromatic carbocycles. The normalized spacial score (nSPS) is 16.5. The number of benzene rings is 4. The summed E-state index contributed by atoms with van der Waals surface area (Å²) in [6.07, 6.45) is 6.03. The van der Waals surface area contributed by atoms with Crippen molar-refractivity contribution in [2.24, 2.45) is 17.3 Å². The first-order chi connectivity index (χ1) is 21.1. The van der Waals surface area contributed by atoms with E-state index in [9.17, 15) is 0 Å². The molecule has 4 aromatic rings. The van der Waals surface area contributed by atoms with E-state index in [1.165, 1.54) is 63.2 Å². The van der Waals surface area contributed by atoms with E-state index in [2.05, 4.69) is 129 Å². The number of halogens is 2. The SMILES string of the molecule is [CH2]=[Zr]([C]1=CC(C(C)(C)C)=CC1C(C)C)([c]1cccc(Cl)c1)([c]1cccc(Cl)c1)[c]1c(C)c(C)cc2c1Cc1cc(C)c(C)cc1-2. The number of aryl methyl sites for hydroxylation is 3. The molecule has 2 aliphatic rings. The summed E-state index contributed by atoms with van der Waals surface area (Å²) in [5, 5.41) is 1.50. The van der Waals surface area contributed by atoms with Crippen LogP contribution in [0.15, 0.2) is 87.7 Å². The van der Waals surface area contributed by atoms with E-state index in [0.29, 0.717) is 5.92 Å². The van der Waals surface area contributed by atoms with Crippen molar-refractivity contribution in [1.29, 1.82) is 0 Å². The average molecular weight is 713 g/mol. The van der Waals surface area contributed by atoms with Crippen LogP contribution in [0.4, 0.5) is 0 Å². The number of fused-ring (bicyclic) bond motifs is 3. The van der Waals surface area contributed by atoms with Gasteiger partial charge in [0.15, 0.2) is 0 Å². The average Bonchev–Trinajstić information content (AvgIpc) is 3.57. The zero-order valence-corrected chi connectivity index (χ0v) is 32.3. The van der Waals surface area contributed by atoms with E-state index in [-0.39, 0.29) is 11.3 Å². The molecule has 0 heterocycles. The fourth-order valence-electron chi connectivity index (χ4n) is 8.34. The van der Waals surface area contributed by atoms with Gasteiger partial charge in [-0.1, -0.05) is 0 Å². The molecule has 232 valence electrons. The Morgan fingerprint density at radius 1 is 0.778 bits per heavy atom. The van der Waals surface area contributed by atoms with Gasteiger partial charge in [0.25, 0.3) is 0 Å². The Morgan fingerprint density at radius 3 is 1.87 bits per heavy atom. The monoisotopic (exact) mass is 710 g/mol. The van der Waals surface area contributed by atoms with Gasteiger partial charge >= 0.3 is 284 Å². The molecule has 1 unspecified atom stereocenters. The molecule has 45 heavy (non-hydrogen) atoms. The van der Waals surface area contributed by atoms with Crippen molar-refractivity contribution in [3.05, 3.63) is 131 Å². The molecule has 0 aliphatic heterocycles. The van der Waals surface area contributed by atoms with Gasteiger partial charge in [0.2, 0.25) is 0 Å². The molecule has 0 nitrogen and oxygen atoms in total. The molecule has 2 aliphatic carbocycles. The first kappa shape index (κ1) is 32.6. The summed E-state index contributed by atoms with van der Waals surface area (Å²) in [5.41, 5.74) is 12.3. The number of allylic oxidation sites excluding steroid dienone is 4. The van der Waals surface area contributed by atoms with Crippen molar-refractivity contribution in [3.8, 4) is 11.1 Å². The second-order valence-corrected chi connectivity index (χ2v) is 28.7. The quantitative estimate of drug-likeness (QED) is 0.170. The fourth-order valence-corrected chi connectivity index (χ4v) is 27.1. The van der Waals surface area contributed by atoms with Crippen LogP contribution in [-0.4, -0.2) is 4.21 Å². The Hall–Kier alpha value is -2.31. The van der Waals surface area contributed by atoms with Gasteiger partial charge in [0.1, 0.15) is 0 Å². The van der Waals surface area contributed by atoms with Gasteiger partial charge in [-0.25, -0.2) is 0 Å². The second kappa shape index (κ2) is 11.1. The maximum atomic E-state index is 6.97. The Labute approximate surface area is 281 Å². The van der Waals surface area contributed by atoms with Gasteiger partial charge in [-0.05, 0) is 0 Å². The molecule has 0 aromatic heterocycles. The third-order valence-electron chi connectivity index (χ3n) is 11.1. The molecule has 0 spiro atoms. The molecular formula is C42H46Cl2Zr. The molecule has 3 heteroatoms. The number of hydrogen-bond donors (Lipinski definition) is 0. The van der Waals surface area contributed by atoms with Crippen LogP contribution in [0.25, 0.3) is 11.1 Å². The number of rotatable bonds is 5. The van der Waals surface area contributed by atoms with E-state index >= 15 is 0 Å². The minimum atomic E-state index is -5.18. The summed E-state index contributed by atoms with van der Waals surface area (Å²) in [6.45, 7) is 20.8. The summed E-state index contributed by atoms with van der Waals surface area (Å²) in [7, 11) is 0.